The number of carbonyl (C=O) groups excluding carboxylic acids is 3. The van der Waals surface area contributed by atoms with E-state index in [4.69, 9.17) is 0 Å². The Morgan fingerprint density at radius 1 is 1.23 bits per heavy atom. The van der Waals surface area contributed by atoms with Crippen LogP contribution in [-0.2, 0) is 19.9 Å². The van der Waals surface area contributed by atoms with E-state index in [-0.39, 0.29) is 11.8 Å². The van der Waals surface area contributed by atoms with E-state index in [1.165, 1.54) is 10.3 Å². The Labute approximate surface area is 132 Å². The number of amides is 3. The van der Waals surface area contributed by atoms with Crippen LogP contribution in [0.2, 0.25) is 0 Å². The van der Waals surface area contributed by atoms with Crippen LogP contribution in [0.3, 0.4) is 0 Å². The van der Waals surface area contributed by atoms with Crippen molar-refractivity contribution in [1.29, 1.82) is 0 Å². The van der Waals surface area contributed by atoms with Crippen molar-refractivity contribution < 1.29 is 14.4 Å². The zero-order valence-corrected chi connectivity index (χ0v) is 12.6. The molecule has 3 aliphatic heterocycles. The van der Waals surface area contributed by atoms with Crippen molar-refractivity contribution in [2.75, 3.05) is 11.9 Å². The molecule has 0 radical (unpaired) electrons. The lowest BCUT2D eigenvalue weighted by molar-refractivity contribution is -0.133. The molecule has 3 unspecified atom stereocenters. The normalized spacial score (nSPS) is 34.2. The van der Waals surface area contributed by atoms with Gasteiger partial charge in [0, 0.05) is 24.0 Å². The maximum atomic E-state index is 13.0. The molecular formula is C15H13N3O3S. The number of imide groups is 1. The molecule has 2 fully saturated rings. The van der Waals surface area contributed by atoms with Gasteiger partial charge in [-0.15, -0.1) is 12.6 Å². The molecule has 6 nitrogen and oxygen atoms in total. The molecule has 7 heteroatoms. The molecule has 4 rings (SSSR count). The lowest BCUT2D eigenvalue weighted by atomic mass is 9.77. The van der Waals surface area contributed by atoms with Gasteiger partial charge in [0.2, 0.25) is 11.8 Å². The minimum Gasteiger partial charge on any atom is -0.369 e. The average Bonchev–Trinajstić information content (AvgIpc) is 3.09. The van der Waals surface area contributed by atoms with Crippen molar-refractivity contribution in [1.82, 2.24) is 10.6 Å². The van der Waals surface area contributed by atoms with E-state index in [0.717, 1.165) is 5.69 Å². The number of fused-ring (bicyclic) bond motifs is 4. The van der Waals surface area contributed by atoms with Crippen molar-refractivity contribution in [2.24, 2.45) is 11.8 Å². The Bertz CT molecular complexity index is 775. The quantitative estimate of drug-likeness (QED) is 0.469. The summed E-state index contributed by atoms with van der Waals surface area (Å²) in [6.45, 7) is 0. The highest BCUT2D eigenvalue weighted by atomic mass is 32.1. The van der Waals surface area contributed by atoms with Crippen LogP contribution in [0, 0.1) is 11.8 Å². The SMILES string of the molecule is CN1C(=O)C2(N/C(=C\S)C3C(=O)NC(=O)C32)c2ccccc21. The molecule has 3 aliphatic rings. The summed E-state index contributed by atoms with van der Waals surface area (Å²) in [5.41, 5.74) is 0.717. The zero-order chi connectivity index (χ0) is 15.6. The highest BCUT2D eigenvalue weighted by molar-refractivity contribution is 7.83. The van der Waals surface area contributed by atoms with E-state index >= 15 is 0 Å². The highest BCUT2D eigenvalue weighted by Crippen LogP contribution is 2.53. The average molecular weight is 315 g/mol. The van der Waals surface area contributed by atoms with E-state index in [0.29, 0.717) is 11.3 Å². The van der Waals surface area contributed by atoms with Crippen molar-refractivity contribution in [2.45, 2.75) is 5.54 Å². The lowest BCUT2D eigenvalue weighted by Crippen LogP contribution is -2.52. The van der Waals surface area contributed by atoms with E-state index in [2.05, 4.69) is 23.3 Å². The molecule has 2 saturated heterocycles. The number of nitrogens with zero attached hydrogens (tertiary/aromatic N) is 1. The number of likely N-dealkylation sites (N-methyl/N-ethyl adjacent to an activating group) is 1. The van der Waals surface area contributed by atoms with E-state index in [1.54, 1.807) is 7.05 Å². The second-order valence-corrected chi connectivity index (χ2v) is 5.97. The molecule has 1 aromatic carbocycles. The van der Waals surface area contributed by atoms with Gasteiger partial charge in [0.05, 0.1) is 11.8 Å². The van der Waals surface area contributed by atoms with Crippen molar-refractivity contribution in [3.63, 3.8) is 0 Å². The third-order valence-electron chi connectivity index (χ3n) is 4.76. The molecule has 3 heterocycles. The number of nitrogens with one attached hydrogen (secondary N) is 2. The molecule has 1 spiro atoms. The smallest absolute Gasteiger partial charge is 0.258 e. The largest absolute Gasteiger partial charge is 0.369 e. The topological polar surface area (TPSA) is 78.5 Å². The predicted octanol–water partition coefficient (Wildman–Crippen LogP) is 0.122. The number of para-hydroxylation sites is 1. The van der Waals surface area contributed by atoms with Gasteiger partial charge >= 0.3 is 0 Å². The Balaban J connectivity index is 2.01. The first-order chi connectivity index (χ1) is 10.5. The fourth-order valence-corrected chi connectivity index (χ4v) is 4.08. The van der Waals surface area contributed by atoms with Gasteiger partial charge in [-0.3, -0.25) is 19.7 Å². The maximum Gasteiger partial charge on any atom is 0.258 e. The summed E-state index contributed by atoms with van der Waals surface area (Å²) < 4.78 is 0. The minimum atomic E-state index is -1.24. The van der Waals surface area contributed by atoms with Gasteiger partial charge in [-0.25, -0.2) is 0 Å². The number of thiol groups is 1. The van der Waals surface area contributed by atoms with Crippen LogP contribution < -0.4 is 15.5 Å². The Morgan fingerprint density at radius 3 is 2.68 bits per heavy atom. The first-order valence-corrected chi connectivity index (χ1v) is 7.39. The second kappa shape index (κ2) is 4.13. The van der Waals surface area contributed by atoms with Gasteiger partial charge in [0.25, 0.3) is 5.91 Å². The van der Waals surface area contributed by atoms with E-state index in [1.807, 2.05) is 24.3 Å². The summed E-state index contributed by atoms with van der Waals surface area (Å²) in [7, 11) is 1.67. The summed E-state index contributed by atoms with van der Waals surface area (Å²) >= 11 is 4.13. The number of hydrogen-bond acceptors (Lipinski definition) is 5. The van der Waals surface area contributed by atoms with Gasteiger partial charge in [0.1, 0.15) is 0 Å². The summed E-state index contributed by atoms with van der Waals surface area (Å²) in [6, 6.07) is 7.30. The fourth-order valence-electron chi connectivity index (χ4n) is 3.85. The maximum absolute atomic E-state index is 13.0. The van der Waals surface area contributed by atoms with Gasteiger partial charge in [-0.2, -0.15) is 0 Å². The van der Waals surface area contributed by atoms with Crippen molar-refractivity contribution in [3.05, 3.63) is 40.9 Å². The van der Waals surface area contributed by atoms with Crippen molar-refractivity contribution >= 4 is 36.0 Å². The summed E-state index contributed by atoms with van der Waals surface area (Å²) in [4.78, 5) is 38.9. The first kappa shape index (κ1) is 13.4. The minimum absolute atomic E-state index is 0.237. The monoisotopic (exact) mass is 315 g/mol. The molecule has 1 aromatic rings. The second-order valence-electron chi connectivity index (χ2n) is 5.71. The van der Waals surface area contributed by atoms with Crippen LogP contribution in [0.1, 0.15) is 5.56 Å². The van der Waals surface area contributed by atoms with Crippen LogP contribution in [0.4, 0.5) is 5.69 Å². The number of rotatable bonds is 0. The standard InChI is InChI=1S/C15H13N3O3S/c1-18-9-5-3-2-4-7(9)15(14(18)21)11-10(8(6-22)17-15)12(19)16-13(11)20/h2-6,10-11,17,22H,1H3,(H,16,19,20)/b8-6-. The molecule has 3 amide bonds. The van der Waals surface area contributed by atoms with Gasteiger partial charge in [-0.05, 0) is 11.5 Å². The van der Waals surface area contributed by atoms with Gasteiger partial charge in [-0.1, -0.05) is 18.2 Å². The molecule has 0 saturated carbocycles. The lowest BCUT2D eigenvalue weighted by Gasteiger charge is -2.27. The number of carbonyl (C=O) groups is 3. The molecule has 112 valence electrons. The third kappa shape index (κ3) is 1.30. The van der Waals surface area contributed by atoms with Gasteiger partial charge in [0.15, 0.2) is 5.54 Å². The summed E-state index contributed by atoms with van der Waals surface area (Å²) in [6.07, 6.45) is 0. The van der Waals surface area contributed by atoms with Crippen LogP contribution in [0.25, 0.3) is 0 Å². The van der Waals surface area contributed by atoms with Crippen LogP contribution in [0.5, 0.6) is 0 Å². The van der Waals surface area contributed by atoms with Crippen LogP contribution in [-0.4, -0.2) is 24.8 Å². The Hall–Kier alpha value is -2.28. The zero-order valence-electron chi connectivity index (χ0n) is 11.7. The van der Waals surface area contributed by atoms with Crippen LogP contribution in [0.15, 0.2) is 35.4 Å². The number of anilines is 1. The first-order valence-electron chi connectivity index (χ1n) is 6.87. The van der Waals surface area contributed by atoms with E-state index < -0.39 is 23.3 Å². The number of benzene rings is 1. The molecule has 22 heavy (non-hydrogen) atoms. The predicted molar refractivity (Wildman–Crippen MR) is 81.9 cm³/mol. The molecule has 2 N–H and O–H groups in total. The molecule has 3 atom stereocenters. The Morgan fingerprint density at radius 2 is 1.95 bits per heavy atom. The molecule has 0 aliphatic carbocycles. The van der Waals surface area contributed by atoms with Gasteiger partial charge < -0.3 is 10.2 Å². The fraction of sp³-hybridized carbons (Fsp3) is 0.267. The van der Waals surface area contributed by atoms with Crippen molar-refractivity contribution in [3.8, 4) is 0 Å². The number of hydrogen-bond donors (Lipinski definition) is 3. The Kier molecular flexibility index (Phi) is 2.51. The third-order valence-corrected chi connectivity index (χ3v) is 5.04. The molecule has 0 aromatic heterocycles. The highest BCUT2D eigenvalue weighted by Gasteiger charge is 2.68. The molecular weight excluding hydrogens is 302 g/mol. The molecule has 0 bridgehead atoms. The summed E-state index contributed by atoms with van der Waals surface area (Å²) in [5.74, 6) is -2.55. The van der Waals surface area contributed by atoms with Crippen LogP contribution >= 0.6 is 12.6 Å². The summed E-state index contributed by atoms with van der Waals surface area (Å²) in [5, 5.41) is 6.92. The van der Waals surface area contributed by atoms with E-state index in [9.17, 15) is 14.4 Å².